The summed E-state index contributed by atoms with van der Waals surface area (Å²) >= 11 is 0. The molecule has 0 aliphatic carbocycles. The second kappa shape index (κ2) is 9.07. The number of anilines is 2. The molecule has 164 valence electrons. The van der Waals surface area contributed by atoms with Gasteiger partial charge in [0.2, 0.25) is 5.91 Å². The van der Waals surface area contributed by atoms with Gasteiger partial charge in [0.25, 0.3) is 11.8 Å². The quantitative estimate of drug-likeness (QED) is 0.730. The fraction of sp³-hybridized carbons (Fsp3) is 0.286. The molecule has 2 aromatic rings. The molecule has 0 saturated carbocycles. The lowest BCUT2D eigenvalue weighted by atomic mass is 10.1. The van der Waals surface area contributed by atoms with Crippen molar-refractivity contribution in [3.8, 4) is 5.75 Å². The van der Waals surface area contributed by atoms with Crippen molar-refractivity contribution in [2.24, 2.45) is 0 Å². The Hall–Kier alpha value is -3.56. The molecule has 0 bridgehead atoms. The van der Waals surface area contributed by atoms with Crippen LogP contribution < -0.4 is 20.3 Å². The SMILES string of the molecule is CCCNC(=O)CN1C(=O)COc2ccc(NC(=O)c3ccccc3C(F)(F)F)cc21. The Morgan fingerprint density at radius 1 is 1.16 bits per heavy atom. The van der Waals surface area contributed by atoms with Crippen LogP contribution >= 0.6 is 0 Å². The van der Waals surface area contributed by atoms with Crippen LogP contribution in [0.4, 0.5) is 24.5 Å². The zero-order chi connectivity index (χ0) is 22.6. The minimum absolute atomic E-state index is 0.151. The molecular formula is C21H20F3N3O4. The van der Waals surface area contributed by atoms with Crippen molar-refractivity contribution in [1.29, 1.82) is 0 Å². The summed E-state index contributed by atoms with van der Waals surface area (Å²) in [4.78, 5) is 38.1. The molecule has 0 atom stereocenters. The molecular weight excluding hydrogens is 415 g/mol. The summed E-state index contributed by atoms with van der Waals surface area (Å²) in [5.41, 5.74) is -1.20. The van der Waals surface area contributed by atoms with Crippen molar-refractivity contribution in [2.45, 2.75) is 19.5 Å². The number of amides is 3. The number of hydrogen-bond donors (Lipinski definition) is 2. The highest BCUT2D eigenvalue weighted by molar-refractivity contribution is 6.07. The number of carbonyl (C=O) groups is 3. The Labute approximate surface area is 176 Å². The first-order chi connectivity index (χ1) is 14.7. The molecule has 0 fully saturated rings. The van der Waals surface area contributed by atoms with E-state index in [0.29, 0.717) is 12.3 Å². The van der Waals surface area contributed by atoms with Crippen molar-refractivity contribution in [1.82, 2.24) is 5.32 Å². The van der Waals surface area contributed by atoms with Crippen LogP contribution in [-0.4, -0.2) is 37.4 Å². The van der Waals surface area contributed by atoms with Gasteiger partial charge in [-0.25, -0.2) is 0 Å². The van der Waals surface area contributed by atoms with E-state index in [4.69, 9.17) is 4.74 Å². The van der Waals surface area contributed by atoms with Gasteiger partial charge in [-0.1, -0.05) is 19.1 Å². The maximum Gasteiger partial charge on any atom is 0.417 e. The van der Waals surface area contributed by atoms with Crippen molar-refractivity contribution in [2.75, 3.05) is 29.9 Å². The van der Waals surface area contributed by atoms with Gasteiger partial charge in [0.05, 0.1) is 16.8 Å². The van der Waals surface area contributed by atoms with Gasteiger partial charge in [0.15, 0.2) is 6.61 Å². The first kappa shape index (κ1) is 22.1. The Kier molecular flexibility index (Phi) is 6.47. The third-order valence-electron chi connectivity index (χ3n) is 4.51. The first-order valence-corrected chi connectivity index (χ1v) is 9.52. The van der Waals surface area contributed by atoms with Gasteiger partial charge < -0.3 is 15.4 Å². The van der Waals surface area contributed by atoms with Crippen molar-refractivity contribution >= 4 is 29.1 Å². The lowest BCUT2D eigenvalue weighted by Crippen LogP contribution is -2.45. The average molecular weight is 435 g/mol. The van der Waals surface area contributed by atoms with E-state index in [-0.39, 0.29) is 30.4 Å². The third-order valence-corrected chi connectivity index (χ3v) is 4.51. The van der Waals surface area contributed by atoms with Gasteiger partial charge in [-0.05, 0) is 36.8 Å². The first-order valence-electron chi connectivity index (χ1n) is 9.52. The van der Waals surface area contributed by atoms with Gasteiger partial charge in [-0.3, -0.25) is 19.3 Å². The summed E-state index contributed by atoms with van der Waals surface area (Å²) in [6, 6.07) is 8.73. The van der Waals surface area contributed by atoms with Crippen molar-refractivity contribution in [3.05, 3.63) is 53.6 Å². The highest BCUT2D eigenvalue weighted by Crippen LogP contribution is 2.35. The maximum atomic E-state index is 13.2. The van der Waals surface area contributed by atoms with Crippen LogP contribution in [0.5, 0.6) is 5.75 Å². The lowest BCUT2D eigenvalue weighted by Gasteiger charge is -2.29. The molecule has 1 aliphatic rings. The maximum absolute atomic E-state index is 13.2. The summed E-state index contributed by atoms with van der Waals surface area (Å²) in [5, 5.41) is 5.08. The Morgan fingerprint density at radius 3 is 2.61 bits per heavy atom. The molecule has 0 radical (unpaired) electrons. The van der Waals surface area contributed by atoms with Gasteiger partial charge in [-0.2, -0.15) is 13.2 Å². The number of nitrogens with one attached hydrogen (secondary N) is 2. The molecule has 0 spiro atoms. The number of halogens is 3. The van der Waals surface area contributed by atoms with Gasteiger partial charge in [-0.15, -0.1) is 0 Å². The van der Waals surface area contributed by atoms with Crippen LogP contribution in [0.25, 0.3) is 0 Å². The highest BCUT2D eigenvalue weighted by Gasteiger charge is 2.35. The van der Waals surface area contributed by atoms with Gasteiger partial charge in [0.1, 0.15) is 12.3 Å². The summed E-state index contributed by atoms with van der Waals surface area (Å²) in [7, 11) is 0. The molecule has 1 aliphatic heterocycles. The van der Waals surface area contributed by atoms with Crippen LogP contribution in [0.15, 0.2) is 42.5 Å². The molecule has 0 unspecified atom stereocenters. The number of nitrogens with zero attached hydrogens (tertiary/aromatic N) is 1. The standard InChI is InChI=1S/C21H20F3N3O4/c1-2-9-25-18(28)11-27-16-10-13(7-8-17(16)31-12-19(27)29)26-20(30)14-5-3-4-6-15(14)21(22,23)24/h3-8,10H,2,9,11-12H2,1H3,(H,25,28)(H,26,30). The summed E-state index contributed by atoms with van der Waals surface area (Å²) < 4.78 is 44.9. The second-order valence-corrected chi connectivity index (χ2v) is 6.80. The van der Waals surface area contributed by atoms with E-state index in [0.717, 1.165) is 18.6 Å². The van der Waals surface area contributed by atoms with Crippen molar-refractivity contribution < 1.29 is 32.3 Å². The number of benzene rings is 2. The zero-order valence-corrected chi connectivity index (χ0v) is 16.6. The number of carbonyl (C=O) groups excluding carboxylic acids is 3. The Balaban J connectivity index is 1.85. The predicted molar refractivity (Wildman–Crippen MR) is 107 cm³/mol. The van der Waals surface area contributed by atoms with Crippen LogP contribution in [0.2, 0.25) is 0 Å². The number of fused-ring (bicyclic) bond motifs is 1. The Morgan fingerprint density at radius 2 is 1.90 bits per heavy atom. The predicted octanol–water partition coefficient (Wildman–Crippen LogP) is 3.21. The molecule has 0 saturated heterocycles. The minimum Gasteiger partial charge on any atom is -0.482 e. The van der Waals surface area contributed by atoms with E-state index in [1.165, 1.54) is 35.2 Å². The molecule has 10 heteroatoms. The second-order valence-electron chi connectivity index (χ2n) is 6.80. The number of ether oxygens (including phenoxy) is 1. The number of rotatable bonds is 6. The number of alkyl halides is 3. The lowest BCUT2D eigenvalue weighted by molar-refractivity contribution is -0.137. The molecule has 3 rings (SSSR count). The smallest absolute Gasteiger partial charge is 0.417 e. The molecule has 2 N–H and O–H groups in total. The average Bonchev–Trinajstić information content (AvgIpc) is 2.73. The monoisotopic (exact) mass is 435 g/mol. The van der Waals surface area contributed by atoms with Crippen LogP contribution in [0.3, 0.4) is 0 Å². The highest BCUT2D eigenvalue weighted by atomic mass is 19.4. The number of hydrogen-bond acceptors (Lipinski definition) is 4. The van der Waals surface area contributed by atoms with Gasteiger partial charge in [0, 0.05) is 12.2 Å². The summed E-state index contributed by atoms with van der Waals surface area (Å²) in [5.74, 6) is -1.46. The molecule has 2 aromatic carbocycles. The van der Waals surface area contributed by atoms with Crippen LogP contribution in [-0.2, 0) is 15.8 Å². The molecule has 0 aromatic heterocycles. The van der Waals surface area contributed by atoms with E-state index >= 15 is 0 Å². The van der Waals surface area contributed by atoms with E-state index in [1.807, 2.05) is 6.92 Å². The fourth-order valence-electron chi connectivity index (χ4n) is 3.04. The zero-order valence-electron chi connectivity index (χ0n) is 16.6. The molecule has 7 nitrogen and oxygen atoms in total. The van der Waals surface area contributed by atoms with Crippen LogP contribution in [0, 0.1) is 0 Å². The van der Waals surface area contributed by atoms with Gasteiger partial charge >= 0.3 is 6.18 Å². The topological polar surface area (TPSA) is 87.7 Å². The third kappa shape index (κ3) is 5.14. The fourth-order valence-corrected chi connectivity index (χ4v) is 3.04. The van der Waals surface area contributed by atoms with Crippen LogP contribution in [0.1, 0.15) is 29.3 Å². The molecule has 1 heterocycles. The normalized spacial score (nSPS) is 13.3. The molecule has 3 amide bonds. The summed E-state index contributed by atoms with van der Waals surface area (Å²) in [6.07, 6.45) is -3.96. The van der Waals surface area contributed by atoms with E-state index in [1.54, 1.807) is 0 Å². The largest absolute Gasteiger partial charge is 0.482 e. The van der Waals surface area contributed by atoms with E-state index < -0.39 is 29.1 Å². The van der Waals surface area contributed by atoms with Crippen molar-refractivity contribution in [3.63, 3.8) is 0 Å². The Bertz CT molecular complexity index is 1010. The van der Waals surface area contributed by atoms with E-state index in [9.17, 15) is 27.6 Å². The molecule has 31 heavy (non-hydrogen) atoms. The summed E-state index contributed by atoms with van der Waals surface area (Å²) in [6.45, 7) is 1.85. The minimum atomic E-state index is -4.69. The van der Waals surface area contributed by atoms with E-state index in [2.05, 4.69) is 10.6 Å².